The van der Waals surface area contributed by atoms with E-state index < -0.39 is 6.10 Å². The smallest absolute Gasteiger partial charge is 0.271 e. The summed E-state index contributed by atoms with van der Waals surface area (Å²) in [7, 11) is 0. The Kier molecular flexibility index (Phi) is 6.73. The molecule has 7 heteroatoms. The van der Waals surface area contributed by atoms with Gasteiger partial charge in [0.25, 0.3) is 11.5 Å². The lowest BCUT2D eigenvalue weighted by atomic mass is 10.1. The molecule has 1 N–H and O–H groups in total. The van der Waals surface area contributed by atoms with Gasteiger partial charge in [0.2, 0.25) is 5.88 Å². The molecule has 150 valence electrons. The van der Waals surface area contributed by atoms with Crippen molar-refractivity contribution in [1.29, 1.82) is 0 Å². The van der Waals surface area contributed by atoms with Crippen LogP contribution in [0, 0.1) is 6.92 Å². The number of carbonyl (C=O) groups is 1. The topological polar surface area (TPSA) is 73.2 Å². The molecule has 1 heterocycles. The van der Waals surface area contributed by atoms with Crippen LogP contribution in [0.3, 0.4) is 0 Å². The molecule has 2 aromatic rings. The second-order valence-electron chi connectivity index (χ2n) is 7.31. The van der Waals surface area contributed by atoms with E-state index in [9.17, 15) is 9.59 Å². The maximum Gasteiger partial charge on any atom is 0.271 e. The van der Waals surface area contributed by atoms with Gasteiger partial charge in [-0.3, -0.25) is 9.59 Å². The number of benzene rings is 1. The number of hydrogen-bond donors (Lipinski definition) is 1. The van der Waals surface area contributed by atoms with Crippen molar-refractivity contribution < 1.29 is 9.53 Å². The van der Waals surface area contributed by atoms with Gasteiger partial charge < -0.3 is 10.1 Å². The Bertz CT molecular complexity index is 889. The van der Waals surface area contributed by atoms with Crippen molar-refractivity contribution in [2.24, 2.45) is 0 Å². The first-order valence-corrected chi connectivity index (χ1v) is 10.2. The lowest BCUT2D eigenvalue weighted by Gasteiger charge is -2.20. The Balaban J connectivity index is 1.72. The number of aromatic nitrogens is 2. The van der Waals surface area contributed by atoms with Gasteiger partial charge in [0, 0.05) is 23.2 Å². The first-order valence-electron chi connectivity index (χ1n) is 9.78. The van der Waals surface area contributed by atoms with Gasteiger partial charge in [0.1, 0.15) is 0 Å². The monoisotopic (exact) mass is 403 g/mol. The number of ether oxygens (including phenoxy) is 1. The van der Waals surface area contributed by atoms with Gasteiger partial charge in [0.05, 0.1) is 5.69 Å². The molecule has 0 saturated heterocycles. The van der Waals surface area contributed by atoms with Crippen LogP contribution in [0.5, 0.6) is 5.88 Å². The van der Waals surface area contributed by atoms with E-state index >= 15 is 0 Å². The van der Waals surface area contributed by atoms with E-state index in [-0.39, 0.29) is 23.4 Å². The summed E-state index contributed by atoms with van der Waals surface area (Å²) in [5, 5.41) is 7.86. The van der Waals surface area contributed by atoms with E-state index in [1.54, 1.807) is 19.1 Å². The summed E-state index contributed by atoms with van der Waals surface area (Å²) in [4.78, 5) is 24.8. The quantitative estimate of drug-likeness (QED) is 0.770. The van der Waals surface area contributed by atoms with E-state index in [1.165, 1.54) is 29.7 Å². The molecule has 0 bridgehead atoms. The van der Waals surface area contributed by atoms with Crippen molar-refractivity contribution in [3.8, 4) is 11.6 Å². The van der Waals surface area contributed by atoms with Crippen molar-refractivity contribution in [3.63, 3.8) is 0 Å². The number of amides is 1. The number of hydrogen-bond acceptors (Lipinski definition) is 4. The third kappa shape index (κ3) is 5.13. The van der Waals surface area contributed by atoms with Crippen molar-refractivity contribution in [2.75, 3.05) is 0 Å². The van der Waals surface area contributed by atoms with Gasteiger partial charge in [0.15, 0.2) is 6.10 Å². The van der Waals surface area contributed by atoms with E-state index in [4.69, 9.17) is 16.3 Å². The van der Waals surface area contributed by atoms with Crippen molar-refractivity contribution in [3.05, 3.63) is 51.3 Å². The van der Waals surface area contributed by atoms with Crippen LogP contribution in [0.2, 0.25) is 5.02 Å². The Morgan fingerprint density at radius 3 is 2.64 bits per heavy atom. The first kappa shape index (κ1) is 20.4. The molecule has 1 atom stereocenters. The van der Waals surface area contributed by atoms with E-state index in [0.29, 0.717) is 10.7 Å². The number of aryl methyl sites for hydroxylation is 1. The minimum atomic E-state index is -0.706. The molecule has 0 aliphatic heterocycles. The standard InChI is InChI=1S/C21H26ClN3O3/c1-14-9-10-16(22)13-18(14)25-20(26)12-11-19(24-25)28-15(2)21(27)23-17-7-5-3-4-6-8-17/h9-13,15,17H,3-8H2,1-2H3,(H,23,27). The van der Waals surface area contributed by atoms with Crippen LogP contribution in [0.25, 0.3) is 5.69 Å². The highest BCUT2D eigenvalue weighted by molar-refractivity contribution is 6.30. The lowest BCUT2D eigenvalue weighted by Crippen LogP contribution is -2.42. The normalized spacial score (nSPS) is 16.2. The fraction of sp³-hybridized carbons (Fsp3) is 0.476. The van der Waals surface area contributed by atoms with Crippen LogP contribution < -0.4 is 15.6 Å². The lowest BCUT2D eigenvalue weighted by molar-refractivity contribution is -0.128. The number of halogens is 1. The second-order valence-corrected chi connectivity index (χ2v) is 7.75. The molecule has 1 saturated carbocycles. The van der Waals surface area contributed by atoms with Gasteiger partial charge in [-0.2, -0.15) is 4.68 Å². The summed E-state index contributed by atoms with van der Waals surface area (Å²) < 4.78 is 6.96. The van der Waals surface area contributed by atoms with Gasteiger partial charge in [-0.1, -0.05) is 43.4 Å². The zero-order chi connectivity index (χ0) is 20.1. The maximum atomic E-state index is 12.5. The van der Waals surface area contributed by atoms with Crippen molar-refractivity contribution in [2.45, 2.75) is 64.5 Å². The average Bonchev–Trinajstić information content (AvgIpc) is 2.94. The third-order valence-electron chi connectivity index (χ3n) is 5.04. The Morgan fingerprint density at radius 1 is 1.21 bits per heavy atom. The van der Waals surface area contributed by atoms with Gasteiger partial charge in [-0.25, -0.2) is 0 Å². The highest BCUT2D eigenvalue weighted by Gasteiger charge is 2.21. The molecule has 1 fully saturated rings. The highest BCUT2D eigenvalue weighted by atomic mass is 35.5. The largest absolute Gasteiger partial charge is 0.464 e. The van der Waals surface area contributed by atoms with Gasteiger partial charge in [-0.15, -0.1) is 5.10 Å². The summed E-state index contributed by atoms with van der Waals surface area (Å²) in [5.41, 5.74) is 1.14. The summed E-state index contributed by atoms with van der Waals surface area (Å²) in [6, 6.07) is 8.31. The summed E-state index contributed by atoms with van der Waals surface area (Å²) >= 11 is 6.06. The molecule has 0 radical (unpaired) electrons. The Hall–Kier alpha value is -2.34. The molecule has 3 rings (SSSR count). The number of nitrogens with zero attached hydrogens (tertiary/aromatic N) is 2. The van der Waals surface area contributed by atoms with Crippen LogP contribution in [-0.2, 0) is 4.79 Å². The summed E-state index contributed by atoms with van der Waals surface area (Å²) in [5.74, 6) is 0.0490. The minimum absolute atomic E-state index is 0.162. The molecule has 6 nitrogen and oxygen atoms in total. The molecule has 1 aliphatic carbocycles. The highest BCUT2D eigenvalue weighted by Crippen LogP contribution is 2.19. The molecule has 1 unspecified atom stereocenters. The average molecular weight is 404 g/mol. The molecule has 1 aliphatic rings. The van der Waals surface area contributed by atoms with Gasteiger partial charge in [-0.05, 0) is 44.4 Å². The zero-order valence-corrected chi connectivity index (χ0v) is 17.0. The minimum Gasteiger partial charge on any atom is -0.464 e. The van der Waals surface area contributed by atoms with E-state index in [0.717, 1.165) is 31.2 Å². The maximum absolute atomic E-state index is 12.5. The van der Waals surface area contributed by atoms with Gasteiger partial charge >= 0.3 is 0 Å². The number of nitrogens with one attached hydrogen (secondary N) is 1. The molecule has 1 aromatic carbocycles. The van der Waals surface area contributed by atoms with Crippen LogP contribution in [0.1, 0.15) is 51.0 Å². The molecular weight excluding hydrogens is 378 g/mol. The third-order valence-corrected chi connectivity index (χ3v) is 5.28. The van der Waals surface area contributed by atoms with Crippen molar-refractivity contribution >= 4 is 17.5 Å². The summed E-state index contributed by atoms with van der Waals surface area (Å²) in [6.07, 6.45) is 6.06. The van der Waals surface area contributed by atoms with Crippen LogP contribution in [0.4, 0.5) is 0 Å². The predicted octanol–water partition coefficient (Wildman–Crippen LogP) is 3.80. The van der Waals surface area contributed by atoms with Crippen LogP contribution >= 0.6 is 11.6 Å². The fourth-order valence-corrected chi connectivity index (χ4v) is 3.58. The molecular formula is C21H26ClN3O3. The number of carbonyl (C=O) groups excluding carboxylic acids is 1. The van der Waals surface area contributed by atoms with Crippen LogP contribution in [0.15, 0.2) is 35.1 Å². The molecule has 0 spiro atoms. The zero-order valence-electron chi connectivity index (χ0n) is 16.3. The Morgan fingerprint density at radius 2 is 1.93 bits per heavy atom. The second kappa shape index (κ2) is 9.24. The fourth-order valence-electron chi connectivity index (χ4n) is 3.42. The van der Waals surface area contributed by atoms with E-state index in [2.05, 4.69) is 10.4 Å². The molecule has 28 heavy (non-hydrogen) atoms. The van der Waals surface area contributed by atoms with Crippen LogP contribution in [-0.4, -0.2) is 27.8 Å². The van der Waals surface area contributed by atoms with E-state index in [1.807, 2.05) is 13.0 Å². The molecule has 1 amide bonds. The first-order chi connectivity index (χ1) is 13.4. The Labute approximate surface area is 169 Å². The predicted molar refractivity (Wildman–Crippen MR) is 109 cm³/mol. The number of rotatable bonds is 5. The van der Waals surface area contributed by atoms with Crippen molar-refractivity contribution in [1.82, 2.24) is 15.1 Å². The SMILES string of the molecule is Cc1ccc(Cl)cc1-n1nc(OC(C)C(=O)NC2CCCCCC2)ccc1=O. The molecule has 1 aromatic heterocycles. The summed E-state index contributed by atoms with van der Waals surface area (Å²) in [6.45, 7) is 3.56.